The Labute approximate surface area is 129 Å². The Morgan fingerprint density at radius 2 is 1.95 bits per heavy atom. The topological polar surface area (TPSA) is 25.2 Å². The van der Waals surface area contributed by atoms with Crippen LogP contribution in [0.3, 0.4) is 0 Å². The molecule has 0 amide bonds. The Hall–Kier alpha value is -1.95. The smallest absolute Gasteiger partial charge is 0.283 e. The molecule has 0 bridgehead atoms. The fourth-order valence-electron chi connectivity index (χ4n) is 1.97. The van der Waals surface area contributed by atoms with Crippen LogP contribution in [0, 0.1) is 5.82 Å². The van der Waals surface area contributed by atoms with Crippen LogP contribution in [0.4, 0.5) is 17.6 Å². The molecule has 1 atom stereocenters. The summed E-state index contributed by atoms with van der Waals surface area (Å²) in [6.45, 7) is 1.62. The summed E-state index contributed by atoms with van der Waals surface area (Å²) in [5.74, 6) is -0.977. The Morgan fingerprint density at radius 1 is 1.23 bits per heavy atom. The normalized spacial score (nSPS) is 13.5. The zero-order valence-electron chi connectivity index (χ0n) is 11.4. The summed E-state index contributed by atoms with van der Waals surface area (Å²) in [6.07, 6.45) is -1.84. The van der Waals surface area contributed by atoms with Gasteiger partial charge in [-0.3, -0.25) is 9.98 Å². The number of hydrogen-bond donors (Lipinski definition) is 0. The van der Waals surface area contributed by atoms with E-state index in [9.17, 15) is 17.6 Å². The molecule has 0 aliphatic carbocycles. The van der Waals surface area contributed by atoms with Gasteiger partial charge >= 0.3 is 6.18 Å². The van der Waals surface area contributed by atoms with Crippen LogP contribution in [-0.2, 0) is 6.18 Å². The summed E-state index contributed by atoms with van der Waals surface area (Å²) in [5, 5.41) is 0.387. The van der Waals surface area contributed by atoms with E-state index in [-0.39, 0.29) is 5.56 Å². The molecule has 0 spiro atoms. The minimum Gasteiger partial charge on any atom is -0.283 e. The highest BCUT2D eigenvalue weighted by Gasteiger charge is 2.32. The molecular formula is C15H11ClF4N2. The Balaban J connectivity index is 2.53. The van der Waals surface area contributed by atoms with Crippen LogP contribution < -0.4 is 0 Å². The maximum Gasteiger partial charge on any atom is 0.416 e. The second-order valence-electron chi connectivity index (χ2n) is 4.48. The summed E-state index contributed by atoms with van der Waals surface area (Å²) >= 11 is 5.74. The first-order valence-electron chi connectivity index (χ1n) is 6.28. The SMILES string of the molecule is CC=N[C@@H](c1cc(F)cc(C(F)(F)F)c1)c1ccc(Cl)cn1. The highest BCUT2D eigenvalue weighted by atomic mass is 35.5. The molecule has 0 radical (unpaired) electrons. The zero-order valence-corrected chi connectivity index (χ0v) is 12.2. The lowest BCUT2D eigenvalue weighted by Gasteiger charge is -2.15. The van der Waals surface area contributed by atoms with Gasteiger partial charge in [0, 0.05) is 6.20 Å². The fourth-order valence-corrected chi connectivity index (χ4v) is 2.08. The van der Waals surface area contributed by atoms with E-state index in [1.54, 1.807) is 13.0 Å². The van der Waals surface area contributed by atoms with Crippen molar-refractivity contribution in [3.63, 3.8) is 0 Å². The van der Waals surface area contributed by atoms with Crippen molar-refractivity contribution in [2.24, 2.45) is 4.99 Å². The lowest BCUT2D eigenvalue weighted by Crippen LogP contribution is -2.09. The average molecular weight is 331 g/mol. The molecule has 116 valence electrons. The molecule has 1 aromatic carbocycles. The molecule has 0 aliphatic rings. The number of pyridine rings is 1. The largest absolute Gasteiger partial charge is 0.416 e. The minimum absolute atomic E-state index is 0.0697. The van der Waals surface area contributed by atoms with Gasteiger partial charge in [-0.25, -0.2) is 4.39 Å². The number of aromatic nitrogens is 1. The zero-order chi connectivity index (χ0) is 16.3. The molecule has 0 saturated heterocycles. The quantitative estimate of drug-likeness (QED) is 0.569. The Morgan fingerprint density at radius 3 is 2.50 bits per heavy atom. The van der Waals surface area contributed by atoms with Gasteiger partial charge in [-0.15, -0.1) is 0 Å². The first-order valence-corrected chi connectivity index (χ1v) is 6.66. The summed E-state index contributed by atoms with van der Waals surface area (Å²) in [4.78, 5) is 8.14. The van der Waals surface area contributed by atoms with Gasteiger partial charge in [0.2, 0.25) is 0 Å². The molecular weight excluding hydrogens is 320 g/mol. The van der Waals surface area contributed by atoms with Gasteiger partial charge in [0.1, 0.15) is 11.9 Å². The van der Waals surface area contributed by atoms with E-state index in [0.29, 0.717) is 16.8 Å². The fraction of sp³-hybridized carbons (Fsp3) is 0.200. The summed E-state index contributed by atoms with van der Waals surface area (Å²) in [7, 11) is 0. The maximum absolute atomic E-state index is 13.5. The van der Waals surface area contributed by atoms with Gasteiger partial charge in [-0.2, -0.15) is 13.2 Å². The number of benzene rings is 1. The predicted octanol–water partition coefficient (Wildman–Crippen LogP) is 5.07. The molecule has 2 nitrogen and oxygen atoms in total. The van der Waals surface area contributed by atoms with Gasteiger partial charge in [0.05, 0.1) is 16.3 Å². The first-order chi connectivity index (χ1) is 10.3. The van der Waals surface area contributed by atoms with Gasteiger partial charge in [-0.1, -0.05) is 11.6 Å². The van der Waals surface area contributed by atoms with Gasteiger partial charge in [-0.05, 0) is 49.0 Å². The lowest BCUT2D eigenvalue weighted by molar-refractivity contribution is -0.137. The van der Waals surface area contributed by atoms with Crippen molar-refractivity contribution in [1.29, 1.82) is 0 Å². The molecule has 0 unspecified atom stereocenters. The van der Waals surface area contributed by atoms with Crippen molar-refractivity contribution in [1.82, 2.24) is 4.98 Å². The average Bonchev–Trinajstić information content (AvgIpc) is 2.44. The number of hydrogen-bond acceptors (Lipinski definition) is 2. The molecule has 0 fully saturated rings. The molecule has 22 heavy (non-hydrogen) atoms. The minimum atomic E-state index is -4.63. The molecule has 7 heteroatoms. The second kappa shape index (κ2) is 6.44. The van der Waals surface area contributed by atoms with E-state index in [0.717, 1.165) is 12.1 Å². The van der Waals surface area contributed by atoms with Gasteiger partial charge < -0.3 is 0 Å². The van der Waals surface area contributed by atoms with Crippen molar-refractivity contribution in [3.8, 4) is 0 Å². The monoisotopic (exact) mass is 330 g/mol. The van der Waals surface area contributed by atoms with E-state index in [2.05, 4.69) is 9.98 Å². The molecule has 0 saturated carbocycles. The lowest BCUT2D eigenvalue weighted by atomic mass is 10.0. The predicted molar refractivity (Wildman–Crippen MR) is 76.7 cm³/mol. The van der Waals surface area contributed by atoms with Crippen molar-refractivity contribution in [2.45, 2.75) is 19.1 Å². The van der Waals surface area contributed by atoms with Crippen LogP contribution in [0.5, 0.6) is 0 Å². The number of rotatable bonds is 3. The van der Waals surface area contributed by atoms with Gasteiger partial charge in [0.15, 0.2) is 0 Å². The molecule has 2 aromatic rings. The van der Waals surface area contributed by atoms with E-state index >= 15 is 0 Å². The van der Waals surface area contributed by atoms with Crippen molar-refractivity contribution >= 4 is 17.8 Å². The van der Waals surface area contributed by atoms with E-state index in [4.69, 9.17) is 11.6 Å². The van der Waals surface area contributed by atoms with Crippen LogP contribution in [0.2, 0.25) is 5.02 Å². The Kier molecular flexibility index (Phi) is 4.81. The van der Waals surface area contributed by atoms with Crippen LogP contribution in [0.25, 0.3) is 0 Å². The Bertz CT molecular complexity index is 681. The number of nitrogens with zero attached hydrogens (tertiary/aromatic N) is 2. The highest BCUT2D eigenvalue weighted by Crippen LogP contribution is 2.34. The van der Waals surface area contributed by atoms with Crippen LogP contribution in [-0.4, -0.2) is 11.2 Å². The third kappa shape index (κ3) is 3.82. The van der Waals surface area contributed by atoms with Crippen molar-refractivity contribution < 1.29 is 17.6 Å². The molecule has 1 aromatic heterocycles. The van der Waals surface area contributed by atoms with Crippen molar-refractivity contribution in [3.05, 3.63) is 64.2 Å². The number of aliphatic imine (C=N–C) groups is 1. The van der Waals surface area contributed by atoms with E-state index < -0.39 is 23.6 Å². The van der Waals surface area contributed by atoms with Crippen LogP contribution in [0.1, 0.15) is 29.8 Å². The molecule has 2 rings (SSSR count). The number of alkyl halides is 3. The van der Waals surface area contributed by atoms with E-state index in [1.807, 2.05) is 0 Å². The van der Waals surface area contributed by atoms with E-state index in [1.165, 1.54) is 18.5 Å². The molecule has 0 N–H and O–H groups in total. The summed E-state index contributed by atoms with van der Waals surface area (Å²) in [6, 6.07) is 4.59. The maximum atomic E-state index is 13.5. The molecule has 1 heterocycles. The standard InChI is InChI=1S/C15H11ClF4N2/c1-2-21-14(13-4-3-11(16)8-22-13)9-5-10(15(18,19)20)7-12(17)6-9/h2-8,14H,1H3/t14-/m0/s1. The summed E-state index contributed by atoms with van der Waals surface area (Å²) in [5.41, 5.74) is -0.616. The second-order valence-corrected chi connectivity index (χ2v) is 4.92. The van der Waals surface area contributed by atoms with Crippen LogP contribution in [0.15, 0.2) is 41.5 Å². The highest BCUT2D eigenvalue weighted by molar-refractivity contribution is 6.30. The third-order valence-corrected chi connectivity index (χ3v) is 3.12. The third-order valence-electron chi connectivity index (χ3n) is 2.89. The summed E-state index contributed by atoms with van der Waals surface area (Å²) < 4.78 is 52.0. The number of halogens is 5. The van der Waals surface area contributed by atoms with Crippen LogP contribution >= 0.6 is 11.6 Å². The van der Waals surface area contributed by atoms with Crippen molar-refractivity contribution in [2.75, 3.05) is 0 Å². The molecule has 0 aliphatic heterocycles. The van der Waals surface area contributed by atoms with Gasteiger partial charge in [0.25, 0.3) is 0 Å². The first kappa shape index (κ1) is 16.4.